The summed E-state index contributed by atoms with van der Waals surface area (Å²) in [5, 5.41) is 4.34. The molecule has 0 atom stereocenters. The number of alkyl halides is 3. The van der Waals surface area contributed by atoms with E-state index >= 15 is 0 Å². The quantitative estimate of drug-likeness (QED) is 0.917. The highest BCUT2D eigenvalue weighted by Crippen LogP contribution is 2.30. The summed E-state index contributed by atoms with van der Waals surface area (Å²) in [6.07, 6.45) is 0.212. The maximum absolute atomic E-state index is 12.6. The van der Waals surface area contributed by atoms with Gasteiger partial charge in [0.2, 0.25) is 0 Å². The number of anilines is 2. The average molecular weight is 342 g/mol. The molecular formula is C15H17F3N4S. The first-order valence-electron chi connectivity index (χ1n) is 7.39. The number of nitrogens with one attached hydrogen (secondary N) is 1. The topological polar surface area (TPSA) is 41.1 Å². The molecule has 3 heterocycles. The number of hydrogen-bond donors (Lipinski definition) is 1. The van der Waals surface area contributed by atoms with Crippen molar-refractivity contribution >= 4 is 22.3 Å². The van der Waals surface area contributed by atoms with E-state index in [1.165, 1.54) is 10.9 Å². The van der Waals surface area contributed by atoms with Gasteiger partial charge in [-0.25, -0.2) is 9.97 Å². The van der Waals surface area contributed by atoms with E-state index in [1.54, 1.807) is 11.3 Å². The molecule has 2 aromatic rings. The first-order valence-corrected chi connectivity index (χ1v) is 8.20. The SMILES string of the molecule is Cc1cnc(NC2CCN(c3ccc(C(F)(F)F)cn3)CC2)s1. The van der Waals surface area contributed by atoms with Crippen molar-refractivity contribution in [2.75, 3.05) is 23.3 Å². The van der Waals surface area contributed by atoms with Crippen LogP contribution in [0.5, 0.6) is 0 Å². The summed E-state index contributed by atoms with van der Waals surface area (Å²) in [7, 11) is 0. The fourth-order valence-corrected chi connectivity index (χ4v) is 3.33. The summed E-state index contributed by atoms with van der Waals surface area (Å²) in [5.41, 5.74) is -0.711. The predicted molar refractivity (Wildman–Crippen MR) is 84.9 cm³/mol. The van der Waals surface area contributed by atoms with Gasteiger partial charge in [-0.1, -0.05) is 0 Å². The van der Waals surface area contributed by atoms with Gasteiger partial charge in [0.05, 0.1) is 5.56 Å². The van der Waals surface area contributed by atoms with Gasteiger partial charge >= 0.3 is 6.18 Å². The minimum absolute atomic E-state index is 0.339. The largest absolute Gasteiger partial charge is 0.417 e. The number of nitrogens with zero attached hydrogens (tertiary/aromatic N) is 3. The first-order chi connectivity index (χ1) is 10.9. The molecule has 1 fully saturated rings. The van der Waals surface area contributed by atoms with Crippen LogP contribution < -0.4 is 10.2 Å². The lowest BCUT2D eigenvalue weighted by atomic mass is 10.1. The third kappa shape index (κ3) is 3.93. The molecule has 0 spiro atoms. The minimum atomic E-state index is -4.34. The normalized spacial score (nSPS) is 16.6. The molecule has 1 aliphatic heterocycles. The second kappa shape index (κ2) is 6.35. The molecule has 1 saturated heterocycles. The van der Waals surface area contributed by atoms with Crippen molar-refractivity contribution in [3.63, 3.8) is 0 Å². The molecule has 4 nitrogen and oxygen atoms in total. The minimum Gasteiger partial charge on any atom is -0.359 e. The Morgan fingerprint density at radius 1 is 1.17 bits per heavy atom. The standard InChI is InChI=1S/C15H17F3N4S/c1-10-8-20-14(23-10)21-12-4-6-22(7-5-12)13-3-2-11(9-19-13)15(16,17)18/h2-3,8-9,12H,4-7H2,1H3,(H,20,21). The van der Waals surface area contributed by atoms with Crippen molar-refractivity contribution in [3.8, 4) is 0 Å². The summed E-state index contributed by atoms with van der Waals surface area (Å²) in [6, 6.07) is 2.87. The molecule has 0 unspecified atom stereocenters. The lowest BCUT2D eigenvalue weighted by molar-refractivity contribution is -0.137. The van der Waals surface area contributed by atoms with Crippen LogP contribution in [0.4, 0.5) is 24.1 Å². The van der Waals surface area contributed by atoms with Crippen molar-refractivity contribution < 1.29 is 13.2 Å². The van der Waals surface area contributed by atoms with Gasteiger partial charge in [0, 0.05) is 36.4 Å². The van der Waals surface area contributed by atoms with Gasteiger partial charge in [0.1, 0.15) is 5.82 Å². The van der Waals surface area contributed by atoms with E-state index in [9.17, 15) is 13.2 Å². The van der Waals surface area contributed by atoms with Crippen LogP contribution in [0.1, 0.15) is 23.3 Å². The van der Waals surface area contributed by atoms with E-state index in [1.807, 2.05) is 18.0 Å². The van der Waals surface area contributed by atoms with Crippen molar-refractivity contribution in [1.82, 2.24) is 9.97 Å². The Bertz CT molecular complexity index is 645. The van der Waals surface area contributed by atoms with Crippen LogP contribution in [0, 0.1) is 6.92 Å². The summed E-state index contributed by atoms with van der Waals surface area (Å²) in [5.74, 6) is 0.599. The predicted octanol–water partition coefficient (Wildman–Crippen LogP) is 3.95. The molecule has 0 aromatic carbocycles. The van der Waals surface area contributed by atoms with E-state index in [0.29, 0.717) is 11.9 Å². The third-order valence-electron chi connectivity index (χ3n) is 3.84. The summed E-state index contributed by atoms with van der Waals surface area (Å²) < 4.78 is 37.7. The highest BCUT2D eigenvalue weighted by atomic mass is 32.1. The Labute approximate surface area is 136 Å². The van der Waals surface area contributed by atoms with Crippen molar-refractivity contribution in [2.45, 2.75) is 32.0 Å². The Morgan fingerprint density at radius 3 is 2.43 bits per heavy atom. The molecule has 0 radical (unpaired) electrons. The second-order valence-electron chi connectivity index (χ2n) is 5.58. The van der Waals surface area contributed by atoms with Crippen LogP contribution in [-0.2, 0) is 6.18 Å². The van der Waals surface area contributed by atoms with Gasteiger partial charge in [-0.2, -0.15) is 13.2 Å². The molecule has 0 aliphatic carbocycles. The Morgan fingerprint density at radius 2 is 1.91 bits per heavy atom. The molecule has 0 amide bonds. The highest BCUT2D eigenvalue weighted by molar-refractivity contribution is 7.15. The Balaban J connectivity index is 1.56. The van der Waals surface area contributed by atoms with Crippen molar-refractivity contribution in [2.24, 2.45) is 0 Å². The smallest absolute Gasteiger partial charge is 0.359 e. The molecular weight excluding hydrogens is 325 g/mol. The fraction of sp³-hybridized carbons (Fsp3) is 0.467. The third-order valence-corrected chi connectivity index (χ3v) is 4.69. The lowest BCUT2D eigenvalue weighted by Gasteiger charge is -2.33. The maximum Gasteiger partial charge on any atom is 0.417 e. The molecule has 23 heavy (non-hydrogen) atoms. The zero-order valence-electron chi connectivity index (χ0n) is 12.6. The van der Waals surface area contributed by atoms with Crippen LogP contribution >= 0.6 is 11.3 Å². The van der Waals surface area contributed by atoms with Gasteiger partial charge in [-0.05, 0) is 31.9 Å². The van der Waals surface area contributed by atoms with Gasteiger partial charge in [0.25, 0.3) is 0 Å². The molecule has 124 valence electrons. The second-order valence-corrected chi connectivity index (χ2v) is 6.82. The van der Waals surface area contributed by atoms with Crippen LogP contribution in [0.3, 0.4) is 0 Å². The van der Waals surface area contributed by atoms with Gasteiger partial charge < -0.3 is 10.2 Å². The van der Waals surface area contributed by atoms with Gasteiger partial charge in [-0.15, -0.1) is 11.3 Å². The number of pyridine rings is 1. The van der Waals surface area contributed by atoms with E-state index in [2.05, 4.69) is 15.3 Å². The van der Waals surface area contributed by atoms with E-state index in [0.717, 1.165) is 43.3 Å². The number of aryl methyl sites for hydroxylation is 1. The number of aromatic nitrogens is 2. The number of piperidine rings is 1. The number of halogens is 3. The Kier molecular flexibility index (Phi) is 4.43. The van der Waals surface area contributed by atoms with Gasteiger partial charge in [0.15, 0.2) is 5.13 Å². The summed E-state index contributed by atoms with van der Waals surface area (Å²) in [4.78, 5) is 11.4. The number of hydrogen-bond acceptors (Lipinski definition) is 5. The number of thiazole rings is 1. The highest BCUT2D eigenvalue weighted by Gasteiger charge is 2.31. The van der Waals surface area contributed by atoms with E-state index in [-0.39, 0.29) is 0 Å². The average Bonchev–Trinajstić information content (AvgIpc) is 2.92. The van der Waals surface area contributed by atoms with Gasteiger partial charge in [-0.3, -0.25) is 0 Å². The number of rotatable bonds is 3. The molecule has 0 saturated carbocycles. The van der Waals surface area contributed by atoms with Crippen molar-refractivity contribution in [1.29, 1.82) is 0 Å². The molecule has 2 aromatic heterocycles. The van der Waals surface area contributed by atoms with Crippen LogP contribution in [-0.4, -0.2) is 29.1 Å². The summed E-state index contributed by atoms with van der Waals surface area (Å²) in [6.45, 7) is 3.54. The molecule has 1 N–H and O–H groups in total. The van der Waals surface area contributed by atoms with Crippen LogP contribution in [0.2, 0.25) is 0 Å². The van der Waals surface area contributed by atoms with E-state index in [4.69, 9.17) is 0 Å². The van der Waals surface area contributed by atoms with E-state index < -0.39 is 11.7 Å². The molecule has 0 bridgehead atoms. The monoisotopic (exact) mass is 342 g/mol. The lowest BCUT2D eigenvalue weighted by Crippen LogP contribution is -2.39. The maximum atomic E-state index is 12.6. The fourth-order valence-electron chi connectivity index (χ4n) is 2.59. The zero-order chi connectivity index (χ0) is 16.4. The van der Waals surface area contributed by atoms with Crippen LogP contribution in [0.15, 0.2) is 24.5 Å². The first kappa shape index (κ1) is 16.0. The van der Waals surface area contributed by atoms with Crippen molar-refractivity contribution in [3.05, 3.63) is 35.0 Å². The molecule has 3 rings (SSSR count). The Hall–Kier alpha value is -1.83. The zero-order valence-corrected chi connectivity index (χ0v) is 13.4. The molecule has 8 heteroatoms. The molecule has 1 aliphatic rings. The summed E-state index contributed by atoms with van der Waals surface area (Å²) >= 11 is 1.63. The van der Waals surface area contributed by atoms with Crippen LogP contribution in [0.25, 0.3) is 0 Å².